The Kier molecular flexibility index (Phi) is 4.45. The highest BCUT2D eigenvalue weighted by Crippen LogP contribution is 2.33. The van der Waals surface area contributed by atoms with E-state index in [0.29, 0.717) is 35.8 Å². The number of hydrogen-bond donors (Lipinski definition) is 2. The average molecular weight is 370 g/mol. The first kappa shape index (κ1) is 16.4. The van der Waals surface area contributed by atoms with E-state index < -0.39 is 0 Å². The van der Waals surface area contributed by atoms with Crippen LogP contribution in [-0.2, 0) is 0 Å². The zero-order chi connectivity index (χ0) is 17.9. The lowest BCUT2D eigenvalue weighted by atomic mass is 10.2. The zero-order valence-corrected chi connectivity index (χ0v) is 14.7. The van der Waals surface area contributed by atoms with Gasteiger partial charge in [-0.3, -0.25) is 0 Å². The van der Waals surface area contributed by atoms with E-state index in [9.17, 15) is 0 Å². The van der Waals surface area contributed by atoms with Gasteiger partial charge in [0.15, 0.2) is 17.3 Å². The SMILES string of the molecule is Cc1ccc(Cl)cc1Nc1nncc(Nc2ccc3c(c2)OCCO3)n1. The molecule has 0 atom stereocenters. The molecule has 2 N–H and O–H groups in total. The molecule has 2 heterocycles. The van der Waals surface area contributed by atoms with Crippen LogP contribution in [-0.4, -0.2) is 28.4 Å². The van der Waals surface area contributed by atoms with E-state index in [0.717, 1.165) is 22.7 Å². The van der Waals surface area contributed by atoms with E-state index in [1.54, 1.807) is 6.20 Å². The largest absolute Gasteiger partial charge is 0.486 e. The lowest BCUT2D eigenvalue weighted by molar-refractivity contribution is 0.171. The van der Waals surface area contributed by atoms with Crippen LogP contribution in [0.3, 0.4) is 0 Å². The Morgan fingerprint density at radius 2 is 1.85 bits per heavy atom. The summed E-state index contributed by atoms with van der Waals surface area (Å²) in [4.78, 5) is 4.44. The number of nitrogens with zero attached hydrogens (tertiary/aromatic N) is 3. The molecule has 0 unspecified atom stereocenters. The number of ether oxygens (including phenoxy) is 2. The average Bonchev–Trinajstić information content (AvgIpc) is 2.65. The van der Waals surface area contributed by atoms with E-state index in [2.05, 4.69) is 25.8 Å². The minimum Gasteiger partial charge on any atom is -0.486 e. The summed E-state index contributed by atoms with van der Waals surface area (Å²) in [6, 6.07) is 11.2. The van der Waals surface area contributed by atoms with Crippen molar-refractivity contribution in [3.63, 3.8) is 0 Å². The number of aryl methyl sites for hydroxylation is 1. The number of anilines is 4. The van der Waals surface area contributed by atoms with Gasteiger partial charge in [-0.2, -0.15) is 10.1 Å². The molecule has 0 saturated heterocycles. The number of aromatic nitrogens is 3. The molecule has 0 aliphatic carbocycles. The monoisotopic (exact) mass is 369 g/mol. The predicted molar refractivity (Wildman–Crippen MR) is 100 cm³/mol. The maximum absolute atomic E-state index is 6.05. The minimum absolute atomic E-state index is 0.373. The lowest BCUT2D eigenvalue weighted by Gasteiger charge is -2.19. The van der Waals surface area contributed by atoms with Crippen molar-refractivity contribution in [3.05, 3.63) is 53.2 Å². The Morgan fingerprint density at radius 3 is 2.73 bits per heavy atom. The van der Waals surface area contributed by atoms with Gasteiger partial charge in [0.05, 0.1) is 6.20 Å². The highest BCUT2D eigenvalue weighted by molar-refractivity contribution is 6.30. The maximum Gasteiger partial charge on any atom is 0.249 e. The molecule has 1 aliphatic heterocycles. The van der Waals surface area contributed by atoms with Crippen molar-refractivity contribution in [2.75, 3.05) is 23.8 Å². The molecule has 0 bridgehead atoms. The molecule has 0 spiro atoms. The number of halogens is 1. The molecule has 1 aliphatic rings. The number of benzene rings is 2. The van der Waals surface area contributed by atoms with Crippen molar-refractivity contribution >= 4 is 34.7 Å². The molecule has 0 fully saturated rings. The normalized spacial score (nSPS) is 12.5. The van der Waals surface area contributed by atoms with Gasteiger partial charge in [0, 0.05) is 22.5 Å². The van der Waals surface area contributed by atoms with Gasteiger partial charge in [-0.1, -0.05) is 17.7 Å². The van der Waals surface area contributed by atoms with E-state index in [1.807, 2.05) is 43.3 Å². The molecule has 132 valence electrons. The second-order valence-corrected chi connectivity index (χ2v) is 6.17. The summed E-state index contributed by atoms with van der Waals surface area (Å²) in [5, 5.41) is 15.0. The molecule has 0 saturated carbocycles. The molecule has 4 rings (SSSR count). The Labute approximate surface area is 155 Å². The van der Waals surface area contributed by atoms with Crippen LogP contribution in [0.25, 0.3) is 0 Å². The standard InChI is InChI=1S/C18H16ClN5O2/c1-11-2-3-12(19)8-14(11)22-18-23-17(10-20-24-18)21-13-4-5-15-16(9-13)26-7-6-25-15/h2-5,8-10H,6-7H2,1H3,(H2,21,22,23,24). The van der Waals surface area contributed by atoms with Crippen LogP contribution < -0.4 is 20.1 Å². The van der Waals surface area contributed by atoms with Crippen molar-refractivity contribution in [1.82, 2.24) is 15.2 Å². The first-order valence-corrected chi connectivity index (χ1v) is 8.45. The van der Waals surface area contributed by atoms with E-state index >= 15 is 0 Å². The predicted octanol–water partition coefficient (Wildman–Crippen LogP) is 4.09. The molecule has 8 heteroatoms. The topological polar surface area (TPSA) is 81.2 Å². The molecule has 0 amide bonds. The lowest BCUT2D eigenvalue weighted by Crippen LogP contribution is -2.15. The number of nitrogens with one attached hydrogen (secondary N) is 2. The van der Waals surface area contributed by atoms with Crippen molar-refractivity contribution in [3.8, 4) is 11.5 Å². The third-order valence-corrected chi connectivity index (χ3v) is 4.05. The summed E-state index contributed by atoms with van der Waals surface area (Å²) in [5.74, 6) is 2.37. The fourth-order valence-electron chi connectivity index (χ4n) is 2.54. The summed E-state index contributed by atoms with van der Waals surface area (Å²) in [6.45, 7) is 3.08. The van der Waals surface area contributed by atoms with E-state index in [4.69, 9.17) is 21.1 Å². The van der Waals surface area contributed by atoms with Crippen molar-refractivity contribution in [2.45, 2.75) is 6.92 Å². The van der Waals surface area contributed by atoms with E-state index in [1.165, 1.54) is 0 Å². The van der Waals surface area contributed by atoms with Crippen LogP contribution in [0.2, 0.25) is 5.02 Å². The summed E-state index contributed by atoms with van der Waals surface area (Å²) in [7, 11) is 0. The highest BCUT2D eigenvalue weighted by atomic mass is 35.5. The van der Waals surface area contributed by atoms with Crippen molar-refractivity contribution in [2.24, 2.45) is 0 Å². The van der Waals surface area contributed by atoms with Crippen LogP contribution in [0.4, 0.5) is 23.1 Å². The van der Waals surface area contributed by atoms with Gasteiger partial charge in [-0.15, -0.1) is 5.10 Å². The quantitative estimate of drug-likeness (QED) is 0.716. The van der Waals surface area contributed by atoms with Crippen LogP contribution in [0.15, 0.2) is 42.6 Å². The van der Waals surface area contributed by atoms with Gasteiger partial charge in [0.2, 0.25) is 5.95 Å². The molecule has 3 aromatic rings. The van der Waals surface area contributed by atoms with Gasteiger partial charge < -0.3 is 20.1 Å². The Balaban J connectivity index is 1.53. The molecule has 26 heavy (non-hydrogen) atoms. The summed E-state index contributed by atoms with van der Waals surface area (Å²) >= 11 is 6.05. The zero-order valence-electron chi connectivity index (χ0n) is 14.0. The third kappa shape index (κ3) is 3.62. The van der Waals surface area contributed by atoms with E-state index in [-0.39, 0.29) is 0 Å². The molecule has 7 nitrogen and oxygen atoms in total. The van der Waals surface area contributed by atoms with Crippen LogP contribution in [0.5, 0.6) is 11.5 Å². The van der Waals surface area contributed by atoms with Gasteiger partial charge in [0.25, 0.3) is 0 Å². The van der Waals surface area contributed by atoms with Gasteiger partial charge in [-0.05, 0) is 36.8 Å². The number of rotatable bonds is 4. The van der Waals surface area contributed by atoms with Crippen molar-refractivity contribution < 1.29 is 9.47 Å². The molecule has 2 aromatic carbocycles. The smallest absolute Gasteiger partial charge is 0.249 e. The Hall–Kier alpha value is -3.06. The van der Waals surface area contributed by atoms with Gasteiger partial charge >= 0.3 is 0 Å². The summed E-state index contributed by atoms with van der Waals surface area (Å²) in [5.41, 5.74) is 2.68. The number of hydrogen-bond acceptors (Lipinski definition) is 7. The summed E-state index contributed by atoms with van der Waals surface area (Å²) in [6.07, 6.45) is 1.55. The van der Waals surface area contributed by atoms with Crippen LogP contribution in [0, 0.1) is 6.92 Å². The Morgan fingerprint density at radius 1 is 1.00 bits per heavy atom. The molecule has 1 aromatic heterocycles. The third-order valence-electron chi connectivity index (χ3n) is 3.82. The first-order chi connectivity index (χ1) is 12.7. The summed E-state index contributed by atoms with van der Waals surface area (Å²) < 4.78 is 11.1. The van der Waals surface area contributed by atoms with Crippen LogP contribution in [0.1, 0.15) is 5.56 Å². The minimum atomic E-state index is 0.373. The maximum atomic E-state index is 6.05. The van der Waals surface area contributed by atoms with Gasteiger partial charge in [0.1, 0.15) is 13.2 Å². The van der Waals surface area contributed by atoms with Crippen molar-refractivity contribution in [1.29, 1.82) is 0 Å². The molecular weight excluding hydrogens is 354 g/mol. The number of fused-ring (bicyclic) bond motifs is 1. The highest BCUT2D eigenvalue weighted by Gasteiger charge is 2.12. The molecular formula is C18H16ClN5O2. The van der Waals surface area contributed by atoms with Gasteiger partial charge in [-0.25, -0.2) is 0 Å². The first-order valence-electron chi connectivity index (χ1n) is 8.07. The second-order valence-electron chi connectivity index (χ2n) is 5.73. The molecule has 0 radical (unpaired) electrons. The second kappa shape index (κ2) is 7.05. The Bertz CT molecular complexity index is 951. The van der Waals surface area contributed by atoms with Crippen LogP contribution >= 0.6 is 11.6 Å². The fraction of sp³-hybridized carbons (Fsp3) is 0.167. The fourth-order valence-corrected chi connectivity index (χ4v) is 2.71.